The van der Waals surface area contributed by atoms with E-state index in [0.29, 0.717) is 6.04 Å². The van der Waals surface area contributed by atoms with Gasteiger partial charge in [-0.05, 0) is 39.1 Å². The molecule has 3 rings (SSSR count). The van der Waals surface area contributed by atoms with Crippen molar-refractivity contribution in [2.24, 2.45) is 0 Å². The molecular formula is C15H21BrN4. The summed E-state index contributed by atoms with van der Waals surface area (Å²) in [6.45, 7) is 2.17. The van der Waals surface area contributed by atoms with E-state index < -0.39 is 0 Å². The number of nitrogens with zero attached hydrogens (tertiary/aromatic N) is 4. The van der Waals surface area contributed by atoms with E-state index in [1.165, 1.54) is 18.5 Å². The van der Waals surface area contributed by atoms with Crippen LogP contribution >= 0.6 is 15.9 Å². The first-order valence-electron chi connectivity index (χ1n) is 7.14. The van der Waals surface area contributed by atoms with E-state index in [1.807, 2.05) is 6.07 Å². The molecule has 0 aliphatic carbocycles. The van der Waals surface area contributed by atoms with Gasteiger partial charge in [-0.15, -0.1) is 0 Å². The Morgan fingerprint density at radius 3 is 3.00 bits per heavy atom. The van der Waals surface area contributed by atoms with Gasteiger partial charge in [0.25, 0.3) is 0 Å². The van der Waals surface area contributed by atoms with Crippen molar-refractivity contribution in [3.8, 4) is 0 Å². The van der Waals surface area contributed by atoms with Crippen LogP contribution in [-0.2, 0) is 5.33 Å². The van der Waals surface area contributed by atoms with E-state index in [4.69, 9.17) is 4.98 Å². The Labute approximate surface area is 128 Å². The van der Waals surface area contributed by atoms with Gasteiger partial charge in [0.1, 0.15) is 5.65 Å². The first kappa shape index (κ1) is 13.9. The lowest BCUT2D eigenvalue weighted by molar-refractivity contribution is 0.257. The molecule has 0 bridgehead atoms. The predicted octanol–water partition coefficient (Wildman–Crippen LogP) is 2.76. The average molecular weight is 337 g/mol. The highest BCUT2D eigenvalue weighted by atomic mass is 79.9. The minimum atomic E-state index is 0.622. The number of pyridine rings is 1. The van der Waals surface area contributed by atoms with Crippen LogP contribution in [0.25, 0.3) is 5.65 Å². The van der Waals surface area contributed by atoms with Crippen molar-refractivity contribution >= 4 is 27.4 Å². The molecule has 108 valence electrons. The van der Waals surface area contributed by atoms with Crippen molar-refractivity contribution in [1.29, 1.82) is 0 Å². The number of imidazole rings is 1. The number of hydrogen-bond acceptors (Lipinski definition) is 3. The van der Waals surface area contributed by atoms with E-state index >= 15 is 0 Å². The van der Waals surface area contributed by atoms with Crippen LogP contribution in [0.1, 0.15) is 18.5 Å². The molecule has 0 spiro atoms. The van der Waals surface area contributed by atoms with Crippen molar-refractivity contribution in [3.63, 3.8) is 0 Å². The monoisotopic (exact) mass is 336 g/mol. The van der Waals surface area contributed by atoms with Crippen LogP contribution in [0, 0.1) is 0 Å². The molecule has 1 fully saturated rings. The molecule has 0 amide bonds. The summed E-state index contributed by atoms with van der Waals surface area (Å²) in [5.41, 5.74) is 2.28. The number of fused-ring (bicyclic) bond motifs is 1. The normalized spacial score (nSPS) is 20.0. The lowest BCUT2D eigenvalue weighted by Gasteiger charge is -2.36. The van der Waals surface area contributed by atoms with E-state index in [2.05, 4.69) is 62.6 Å². The van der Waals surface area contributed by atoms with Crippen LogP contribution < -0.4 is 4.90 Å². The minimum Gasteiger partial charge on any atom is -0.353 e. The predicted molar refractivity (Wildman–Crippen MR) is 86.7 cm³/mol. The molecule has 20 heavy (non-hydrogen) atoms. The second-order valence-electron chi connectivity index (χ2n) is 5.65. The summed E-state index contributed by atoms with van der Waals surface area (Å²) in [4.78, 5) is 9.61. The lowest BCUT2D eigenvalue weighted by Crippen LogP contribution is -2.45. The molecule has 2 aromatic heterocycles. The summed E-state index contributed by atoms with van der Waals surface area (Å²) in [5.74, 6) is 1.14. The minimum absolute atomic E-state index is 0.622. The second-order valence-corrected chi connectivity index (χ2v) is 6.21. The zero-order chi connectivity index (χ0) is 14.1. The summed E-state index contributed by atoms with van der Waals surface area (Å²) in [5, 5.41) is 0.830. The van der Waals surface area contributed by atoms with Gasteiger partial charge in [0.05, 0.1) is 5.69 Å². The van der Waals surface area contributed by atoms with Gasteiger partial charge < -0.3 is 14.2 Å². The molecule has 1 saturated heterocycles. The Kier molecular flexibility index (Phi) is 3.98. The van der Waals surface area contributed by atoms with Gasteiger partial charge >= 0.3 is 0 Å². The van der Waals surface area contributed by atoms with Gasteiger partial charge in [0.2, 0.25) is 0 Å². The Hall–Kier alpha value is -1.07. The Morgan fingerprint density at radius 1 is 1.40 bits per heavy atom. The van der Waals surface area contributed by atoms with Gasteiger partial charge in [-0.3, -0.25) is 0 Å². The number of aromatic nitrogens is 2. The SMILES string of the molecule is CN(C)C1CCCN(c2nc3ccccn3c2CBr)C1. The maximum Gasteiger partial charge on any atom is 0.152 e. The maximum absolute atomic E-state index is 4.84. The molecule has 1 atom stereocenters. The van der Waals surface area contributed by atoms with E-state index in [1.54, 1.807) is 0 Å². The van der Waals surface area contributed by atoms with Crippen LogP contribution in [0.3, 0.4) is 0 Å². The molecular weight excluding hydrogens is 316 g/mol. The highest BCUT2D eigenvalue weighted by Gasteiger charge is 2.25. The fourth-order valence-electron chi connectivity index (χ4n) is 2.98. The third-order valence-corrected chi connectivity index (χ3v) is 4.69. The van der Waals surface area contributed by atoms with E-state index in [9.17, 15) is 0 Å². The van der Waals surface area contributed by atoms with Crippen molar-refractivity contribution in [3.05, 3.63) is 30.1 Å². The molecule has 2 aromatic rings. The summed E-state index contributed by atoms with van der Waals surface area (Å²) >= 11 is 3.62. The Bertz CT molecular complexity index is 593. The first-order valence-corrected chi connectivity index (χ1v) is 8.26. The summed E-state index contributed by atoms with van der Waals surface area (Å²) in [6, 6.07) is 6.80. The number of piperidine rings is 1. The highest BCUT2D eigenvalue weighted by molar-refractivity contribution is 9.08. The molecule has 1 aliphatic heterocycles. The number of likely N-dealkylation sites (N-methyl/N-ethyl adjacent to an activating group) is 1. The van der Waals surface area contributed by atoms with Crippen LogP contribution in [0.4, 0.5) is 5.82 Å². The third-order valence-electron chi connectivity index (χ3n) is 4.16. The second kappa shape index (κ2) is 5.74. The summed E-state index contributed by atoms with van der Waals surface area (Å²) in [7, 11) is 4.34. The molecule has 0 N–H and O–H groups in total. The van der Waals surface area contributed by atoms with Gasteiger partial charge in [-0.25, -0.2) is 4.98 Å². The molecule has 1 aliphatic rings. The number of halogens is 1. The third kappa shape index (κ3) is 2.44. The topological polar surface area (TPSA) is 23.8 Å². The van der Waals surface area contributed by atoms with Crippen LogP contribution in [0.2, 0.25) is 0 Å². The summed E-state index contributed by atoms with van der Waals surface area (Å²) in [6.07, 6.45) is 4.61. The fraction of sp³-hybridized carbons (Fsp3) is 0.533. The zero-order valence-electron chi connectivity index (χ0n) is 12.1. The summed E-state index contributed by atoms with van der Waals surface area (Å²) < 4.78 is 2.18. The van der Waals surface area contributed by atoms with Crippen LogP contribution in [0.5, 0.6) is 0 Å². The molecule has 0 radical (unpaired) electrons. The molecule has 3 heterocycles. The number of rotatable bonds is 3. The Balaban J connectivity index is 1.96. The molecule has 0 aromatic carbocycles. The number of hydrogen-bond donors (Lipinski definition) is 0. The van der Waals surface area contributed by atoms with Gasteiger partial charge in [0.15, 0.2) is 5.82 Å². The van der Waals surface area contributed by atoms with Crippen molar-refractivity contribution in [2.75, 3.05) is 32.1 Å². The smallest absolute Gasteiger partial charge is 0.152 e. The molecule has 5 heteroatoms. The van der Waals surface area contributed by atoms with Crippen molar-refractivity contribution in [2.45, 2.75) is 24.2 Å². The van der Waals surface area contributed by atoms with E-state index in [0.717, 1.165) is 29.9 Å². The highest BCUT2D eigenvalue weighted by Crippen LogP contribution is 2.27. The molecule has 0 saturated carbocycles. The van der Waals surface area contributed by atoms with Crippen LogP contribution in [0.15, 0.2) is 24.4 Å². The Morgan fingerprint density at radius 2 is 2.25 bits per heavy atom. The lowest BCUT2D eigenvalue weighted by atomic mass is 10.0. The zero-order valence-corrected chi connectivity index (χ0v) is 13.7. The van der Waals surface area contributed by atoms with Gasteiger partial charge in [0, 0.05) is 30.7 Å². The standard InChI is InChI=1S/C15H21BrN4/c1-18(2)12-6-5-8-19(11-12)15-13(10-16)20-9-4-3-7-14(20)17-15/h3-4,7,9,12H,5-6,8,10-11H2,1-2H3. The largest absolute Gasteiger partial charge is 0.353 e. The van der Waals surface area contributed by atoms with Crippen molar-refractivity contribution in [1.82, 2.24) is 14.3 Å². The number of anilines is 1. The first-order chi connectivity index (χ1) is 9.70. The van der Waals surface area contributed by atoms with E-state index in [-0.39, 0.29) is 0 Å². The maximum atomic E-state index is 4.84. The van der Waals surface area contributed by atoms with Crippen molar-refractivity contribution < 1.29 is 0 Å². The van der Waals surface area contributed by atoms with Gasteiger partial charge in [-0.1, -0.05) is 22.0 Å². The molecule has 1 unspecified atom stereocenters. The number of alkyl halides is 1. The average Bonchev–Trinajstić information content (AvgIpc) is 2.86. The van der Waals surface area contributed by atoms with Crippen LogP contribution in [-0.4, -0.2) is 47.5 Å². The van der Waals surface area contributed by atoms with Gasteiger partial charge in [-0.2, -0.15) is 0 Å². The molecule has 4 nitrogen and oxygen atoms in total. The quantitative estimate of drug-likeness (QED) is 0.805. The fourth-order valence-corrected chi connectivity index (χ4v) is 3.50.